The molecule has 0 amide bonds. The van der Waals surface area contributed by atoms with Crippen molar-refractivity contribution >= 4 is 5.69 Å². The maximum atomic E-state index is 8.90. The molecular formula is C11H15NO. The summed E-state index contributed by atoms with van der Waals surface area (Å²) in [7, 11) is 0. The van der Waals surface area contributed by atoms with E-state index in [0.717, 1.165) is 19.5 Å². The van der Waals surface area contributed by atoms with Crippen molar-refractivity contribution < 1.29 is 5.11 Å². The molecule has 2 nitrogen and oxygen atoms in total. The first-order valence-corrected chi connectivity index (χ1v) is 4.77. The van der Waals surface area contributed by atoms with Crippen LogP contribution >= 0.6 is 0 Å². The van der Waals surface area contributed by atoms with Gasteiger partial charge in [-0.05, 0) is 24.5 Å². The first-order chi connectivity index (χ1) is 6.33. The third-order valence-corrected chi connectivity index (χ3v) is 2.66. The first-order valence-electron chi connectivity index (χ1n) is 4.77. The number of β-amino-alcohol motifs (C(OH)–C–C–N with tert-alkyl or cyclic N) is 1. The Labute approximate surface area is 78.8 Å². The number of hydrogen-bond donors (Lipinski definition) is 1. The van der Waals surface area contributed by atoms with E-state index in [-0.39, 0.29) is 6.61 Å². The Bertz CT molecular complexity index is 307. The van der Waals surface area contributed by atoms with Crippen LogP contribution in [0.15, 0.2) is 18.2 Å². The molecule has 0 radical (unpaired) electrons. The average molecular weight is 177 g/mol. The van der Waals surface area contributed by atoms with Crippen molar-refractivity contribution in [3.63, 3.8) is 0 Å². The number of para-hydroxylation sites is 1. The monoisotopic (exact) mass is 177 g/mol. The van der Waals surface area contributed by atoms with E-state index in [1.807, 2.05) is 0 Å². The summed E-state index contributed by atoms with van der Waals surface area (Å²) >= 11 is 0. The molecule has 0 atom stereocenters. The van der Waals surface area contributed by atoms with E-state index in [4.69, 9.17) is 5.11 Å². The van der Waals surface area contributed by atoms with Crippen LogP contribution in [-0.2, 0) is 6.42 Å². The highest BCUT2D eigenvalue weighted by atomic mass is 16.3. The Morgan fingerprint density at radius 1 is 1.46 bits per heavy atom. The zero-order valence-electron chi connectivity index (χ0n) is 7.95. The minimum absolute atomic E-state index is 0.244. The molecule has 0 unspecified atom stereocenters. The summed E-state index contributed by atoms with van der Waals surface area (Å²) in [6, 6.07) is 6.42. The lowest BCUT2D eigenvalue weighted by Crippen LogP contribution is -2.24. The van der Waals surface area contributed by atoms with Crippen molar-refractivity contribution in [1.82, 2.24) is 0 Å². The van der Waals surface area contributed by atoms with Crippen LogP contribution < -0.4 is 4.90 Å². The van der Waals surface area contributed by atoms with Gasteiger partial charge in [-0.3, -0.25) is 0 Å². The molecule has 2 heteroatoms. The minimum Gasteiger partial charge on any atom is -0.395 e. The van der Waals surface area contributed by atoms with Crippen LogP contribution in [0.4, 0.5) is 5.69 Å². The van der Waals surface area contributed by atoms with Crippen LogP contribution in [-0.4, -0.2) is 24.8 Å². The number of benzene rings is 1. The summed E-state index contributed by atoms with van der Waals surface area (Å²) < 4.78 is 0. The fourth-order valence-corrected chi connectivity index (χ4v) is 2.09. The second kappa shape index (κ2) is 3.38. The molecule has 0 aromatic heterocycles. The molecule has 0 bridgehead atoms. The molecule has 1 aromatic rings. The third kappa shape index (κ3) is 1.42. The van der Waals surface area contributed by atoms with Crippen molar-refractivity contribution in [2.24, 2.45) is 0 Å². The van der Waals surface area contributed by atoms with E-state index >= 15 is 0 Å². The van der Waals surface area contributed by atoms with Gasteiger partial charge in [0, 0.05) is 18.8 Å². The molecule has 1 aliphatic heterocycles. The van der Waals surface area contributed by atoms with E-state index < -0.39 is 0 Å². The van der Waals surface area contributed by atoms with Crippen molar-refractivity contribution in [1.29, 1.82) is 0 Å². The SMILES string of the molecule is Cc1cccc2c1N(CCO)CC2. The van der Waals surface area contributed by atoms with E-state index in [1.165, 1.54) is 16.8 Å². The molecule has 1 aromatic carbocycles. The Morgan fingerprint density at radius 3 is 3.08 bits per heavy atom. The standard InChI is InChI=1S/C11H15NO/c1-9-3-2-4-10-5-6-12(7-8-13)11(9)10/h2-4,13H,5-8H2,1H3. The van der Waals surface area contributed by atoms with Crippen molar-refractivity contribution in [2.45, 2.75) is 13.3 Å². The van der Waals surface area contributed by atoms with Gasteiger partial charge in [0.25, 0.3) is 0 Å². The topological polar surface area (TPSA) is 23.5 Å². The lowest BCUT2D eigenvalue weighted by Gasteiger charge is -2.19. The molecule has 2 rings (SSSR count). The van der Waals surface area contributed by atoms with Crippen LogP contribution in [0.5, 0.6) is 0 Å². The van der Waals surface area contributed by atoms with Gasteiger partial charge in [0.15, 0.2) is 0 Å². The number of fused-ring (bicyclic) bond motifs is 1. The van der Waals surface area contributed by atoms with Crippen LogP contribution in [0.3, 0.4) is 0 Å². The fourth-order valence-electron chi connectivity index (χ4n) is 2.09. The van der Waals surface area contributed by atoms with Gasteiger partial charge in [-0.25, -0.2) is 0 Å². The van der Waals surface area contributed by atoms with E-state index in [1.54, 1.807) is 0 Å². The number of nitrogens with zero attached hydrogens (tertiary/aromatic N) is 1. The predicted octanol–water partition coefficient (Wildman–Crippen LogP) is 1.35. The number of anilines is 1. The Morgan fingerprint density at radius 2 is 2.31 bits per heavy atom. The smallest absolute Gasteiger partial charge is 0.0606 e. The van der Waals surface area contributed by atoms with Gasteiger partial charge in [0.1, 0.15) is 0 Å². The molecule has 0 saturated heterocycles. The van der Waals surface area contributed by atoms with Crippen molar-refractivity contribution in [3.05, 3.63) is 29.3 Å². The van der Waals surface area contributed by atoms with Gasteiger partial charge in [0.05, 0.1) is 6.61 Å². The van der Waals surface area contributed by atoms with Crippen molar-refractivity contribution in [2.75, 3.05) is 24.6 Å². The summed E-state index contributed by atoms with van der Waals surface area (Å²) in [5.41, 5.74) is 4.09. The van der Waals surface area contributed by atoms with E-state index in [2.05, 4.69) is 30.0 Å². The highest BCUT2D eigenvalue weighted by Crippen LogP contribution is 2.30. The molecule has 13 heavy (non-hydrogen) atoms. The van der Waals surface area contributed by atoms with Gasteiger partial charge in [0.2, 0.25) is 0 Å². The molecule has 1 heterocycles. The summed E-state index contributed by atoms with van der Waals surface area (Å²) in [5, 5.41) is 8.90. The summed E-state index contributed by atoms with van der Waals surface area (Å²) in [6.45, 7) is 4.20. The van der Waals surface area contributed by atoms with E-state index in [0.29, 0.717) is 0 Å². The lowest BCUT2D eigenvalue weighted by atomic mass is 10.1. The second-order valence-electron chi connectivity index (χ2n) is 3.54. The Hall–Kier alpha value is -1.02. The molecule has 0 spiro atoms. The summed E-state index contributed by atoms with van der Waals surface area (Å²) in [5.74, 6) is 0. The molecule has 0 fully saturated rings. The van der Waals surface area contributed by atoms with Gasteiger partial charge in [-0.15, -0.1) is 0 Å². The lowest BCUT2D eigenvalue weighted by molar-refractivity contribution is 0.303. The Balaban J connectivity index is 2.34. The molecule has 1 aliphatic rings. The maximum Gasteiger partial charge on any atom is 0.0606 e. The molecule has 1 N–H and O–H groups in total. The van der Waals surface area contributed by atoms with Crippen LogP contribution in [0.25, 0.3) is 0 Å². The predicted molar refractivity (Wildman–Crippen MR) is 54.2 cm³/mol. The second-order valence-corrected chi connectivity index (χ2v) is 3.54. The molecule has 70 valence electrons. The van der Waals surface area contributed by atoms with Crippen LogP contribution in [0.2, 0.25) is 0 Å². The highest BCUT2D eigenvalue weighted by Gasteiger charge is 2.19. The largest absolute Gasteiger partial charge is 0.395 e. The zero-order chi connectivity index (χ0) is 9.26. The van der Waals surface area contributed by atoms with Gasteiger partial charge in [-0.2, -0.15) is 0 Å². The first kappa shape index (κ1) is 8.57. The summed E-state index contributed by atoms with van der Waals surface area (Å²) in [4.78, 5) is 2.27. The number of aryl methyl sites for hydroxylation is 1. The number of rotatable bonds is 2. The Kier molecular flexibility index (Phi) is 2.23. The molecule has 0 aliphatic carbocycles. The number of aliphatic hydroxyl groups is 1. The van der Waals surface area contributed by atoms with Crippen molar-refractivity contribution in [3.8, 4) is 0 Å². The molecular weight excluding hydrogens is 162 g/mol. The zero-order valence-corrected chi connectivity index (χ0v) is 7.95. The molecule has 0 saturated carbocycles. The maximum absolute atomic E-state index is 8.90. The van der Waals surface area contributed by atoms with Gasteiger partial charge >= 0.3 is 0 Å². The van der Waals surface area contributed by atoms with Crippen LogP contribution in [0.1, 0.15) is 11.1 Å². The van der Waals surface area contributed by atoms with Crippen LogP contribution in [0, 0.1) is 6.92 Å². The highest BCUT2D eigenvalue weighted by molar-refractivity contribution is 5.62. The third-order valence-electron chi connectivity index (χ3n) is 2.66. The number of aliphatic hydroxyl groups excluding tert-OH is 1. The normalized spacial score (nSPS) is 14.8. The van der Waals surface area contributed by atoms with Gasteiger partial charge in [-0.1, -0.05) is 18.2 Å². The quantitative estimate of drug-likeness (QED) is 0.737. The summed E-state index contributed by atoms with van der Waals surface area (Å²) in [6.07, 6.45) is 1.12. The van der Waals surface area contributed by atoms with E-state index in [9.17, 15) is 0 Å². The fraction of sp³-hybridized carbons (Fsp3) is 0.455. The average Bonchev–Trinajstić information content (AvgIpc) is 2.51. The van der Waals surface area contributed by atoms with Gasteiger partial charge < -0.3 is 10.0 Å². The number of hydrogen-bond acceptors (Lipinski definition) is 2. The minimum atomic E-state index is 0.244.